The fraction of sp³-hybridized carbons (Fsp3) is 0.846. The van der Waals surface area contributed by atoms with Crippen molar-refractivity contribution in [3.8, 4) is 0 Å². The van der Waals surface area contributed by atoms with Gasteiger partial charge >= 0.3 is 0 Å². The summed E-state index contributed by atoms with van der Waals surface area (Å²) in [5.41, 5.74) is -0.336. The molecule has 0 bridgehead atoms. The largest absolute Gasteiger partial charge is 0.339 e. The molecule has 1 aliphatic heterocycles. The van der Waals surface area contributed by atoms with E-state index in [1.807, 2.05) is 6.92 Å². The molecule has 1 saturated heterocycles. The van der Waals surface area contributed by atoms with Gasteiger partial charge in [0.15, 0.2) is 5.82 Å². The Balaban J connectivity index is 1.82. The molecule has 3 rings (SSSR count). The summed E-state index contributed by atoms with van der Waals surface area (Å²) in [5.74, 6) is 1.95. The number of sulfonamides is 1. The van der Waals surface area contributed by atoms with Crippen molar-refractivity contribution in [1.29, 1.82) is 0 Å². The third kappa shape index (κ3) is 2.48. The van der Waals surface area contributed by atoms with E-state index in [4.69, 9.17) is 4.52 Å². The summed E-state index contributed by atoms with van der Waals surface area (Å²) in [6.07, 6.45) is 3.97. The average Bonchev–Trinajstić information content (AvgIpc) is 3.16. The van der Waals surface area contributed by atoms with E-state index in [0.717, 1.165) is 31.6 Å². The number of piperidine rings is 1. The van der Waals surface area contributed by atoms with Gasteiger partial charge in [0, 0.05) is 24.4 Å². The molecular formula is C13H21N3O3S. The maximum atomic E-state index is 12.1. The molecule has 2 heterocycles. The van der Waals surface area contributed by atoms with Gasteiger partial charge in [-0.1, -0.05) is 12.1 Å². The van der Waals surface area contributed by atoms with E-state index in [0.29, 0.717) is 24.8 Å². The fourth-order valence-electron chi connectivity index (χ4n) is 2.77. The Labute approximate surface area is 119 Å². The lowest BCUT2D eigenvalue weighted by atomic mass is 9.82. The van der Waals surface area contributed by atoms with E-state index >= 15 is 0 Å². The van der Waals surface area contributed by atoms with E-state index in [1.54, 1.807) is 11.2 Å². The standard InChI is InChI=1S/C13H21N3O3S/c1-3-20(17,18)16-8-4-7-13(2,9-16)12-14-11(19-15-12)10-5-6-10/h10H,3-9H2,1-2H3. The Hall–Kier alpha value is -0.950. The first kappa shape index (κ1) is 14.0. The molecular weight excluding hydrogens is 278 g/mol. The van der Waals surface area contributed by atoms with Crippen LogP contribution >= 0.6 is 0 Å². The second-order valence-electron chi connectivity index (χ2n) is 6.13. The predicted octanol–water partition coefficient (Wildman–Crippen LogP) is 1.65. The molecule has 2 fully saturated rings. The van der Waals surface area contributed by atoms with Gasteiger partial charge in [-0.05, 0) is 32.6 Å². The second kappa shape index (κ2) is 4.80. The summed E-state index contributed by atoms with van der Waals surface area (Å²) in [6.45, 7) is 4.76. The number of hydrogen-bond acceptors (Lipinski definition) is 5. The number of aromatic nitrogens is 2. The summed E-state index contributed by atoms with van der Waals surface area (Å²) >= 11 is 0. The smallest absolute Gasteiger partial charge is 0.229 e. The van der Waals surface area contributed by atoms with Gasteiger partial charge in [0.2, 0.25) is 15.9 Å². The molecule has 0 aromatic carbocycles. The van der Waals surface area contributed by atoms with Crippen LogP contribution in [0.1, 0.15) is 57.2 Å². The Bertz CT molecular complexity index is 594. The molecule has 1 aromatic heterocycles. The van der Waals surface area contributed by atoms with Crippen molar-refractivity contribution < 1.29 is 12.9 Å². The molecule has 2 aliphatic rings. The molecule has 1 atom stereocenters. The highest BCUT2D eigenvalue weighted by Gasteiger charge is 2.41. The van der Waals surface area contributed by atoms with Gasteiger partial charge in [-0.2, -0.15) is 4.98 Å². The van der Waals surface area contributed by atoms with Gasteiger partial charge in [0.1, 0.15) is 0 Å². The second-order valence-corrected chi connectivity index (χ2v) is 8.39. The van der Waals surface area contributed by atoms with Gasteiger partial charge < -0.3 is 4.52 Å². The van der Waals surface area contributed by atoms with Gasteiger partial charge in [-0.15, -0.1) is 0 Å². The number of nitrogens with zero attached hydrogens (tertiary/aromatic N) is 3. The minimum atomic E-state index is -3.15. The molecule has 7 heteroatoms. The Morgan fingerprint density at radius 3 is 2.85 bits per heavy atom. The van der Waals surface area contributed by atoms with Crippen LogP contribution in [0.25, 0.3) is 0 Å². The summed E-state index contributed by atoms with van der Waals surface area (Å²) in [7, 11) is -3.15. The molecule has 1 aromatic rings. The molecule has 0 spiro atoms. The van der Waals surface area contributed by atoms with Gasteiger partial charge in [-0.3, -0.25) is 0 Å². The van der Waals surface area contributed by atoms with Gasteiger partial charge in [0.05, 0.1) is 5.75 Å². The minimum Gasteiger partial charge on any atom is -0.339 e. The molecule has 0 amide bonds. The van der Waals surface area contributed by atoms with Crippen molar-refractivity contribution in [2.45, 2.75) is 50.9 Å². The highest BCUT2D eigenvalue weighted by Crippen LogP contribution is 2.40. The van der Waals surface area contributed by atoms with Crippen LogP contribution in [-0.2, 0) is 15.4 Å². The summed E-state index contributed by atoms with van der Waals surface area (Å²) in [5, 5.41) is 4.11. The van der Waals surface area contributed by atoms with Crippen LogP contribution in [0.2, 0.25) is 0 Å². The van der Waals surface area contributed by atoms with Crippen LogP contribution in [0.5, 0.6) is 0 Å². The molecule has 0 N–H and O–H groups in total. The van der Waals surface area contributed by atoms with Crippen molar-refractivity contribution in [2.75, 3.05) is 18.8 Å². The molecule has 1 saturated carbocycles. The van der Waals surface area contributed by atoms with Crippen LogP contribution in [0, 0.1) is 0 Å². The van der Waals surface area contributed by atoms with Crippen LogP contribution in [0.3, 0.4) is 0 Å². The third-order valence-corrected chi connectivity index (χ3v) is 6.16. The SMILES string of the molecule is CCS(=O)(=O)N1CCCC(C)(c2noc(C3CC3)n2)C1. The normalized spacial score (nSPS) is 28.7. The number of rotatable bonds is 4. The van der Waals surface area contributed by atoms with Crippen molar-refractivity contribution in [3.63, 3.8) is 0 Å². The Morgan fingerprint density at radius 2 is 2.20 bits per heavy atom. The first-order chi connectivity index (χ1) is 9.44. The first-order valence-electron chi connectivity index (χ1n) is 7.26. The summed E-state index contributed by atoms with van der Waals surface area (Å²) < 4.78 is 31.0. The van der Waals surface area contributed by atoms with E-state index < -0.39 is 10.0 Å². The molecule has 6 nitrogen and oxygen atoms in total. The molecule has 1 unspecified atom stereocenters. The van der Waals surface area contributed by atoms with E-state index in [2.05, 4.69) is 10.1 Å². The highest BCUT2D eigenvalue weighted by atomic mass is 32.2. The highest BCUT2D eigenvalue weighted by molar-refractivity contribution is 7.89. The van der Waals surface area contributed by atoms with Gasteiger partial charge in [-0.25, -0.2) is 12.7 Å². The quantitative estimate of drug-likeness (QED) is 0.845. The summed E-state index contributed by atoms with van der Waals surface area (Å²) in [4.78, 5) is 4.51. The topological polar surface area (TPSA) is 76.3 Å². The molecule has 0 radical (unpaired) electrons. The predicted molar refractivity (Wildman–Crippen MR) is 73.9 cm³/mol. The van der Waals surface area contributed by atoms with Crippen LogP contribution < -0.4 is 0 Å². The van der Waals surface area contributed by atoms with E-state index in [1.165, 1.54) is 0 Å². The van der Waals surface area contributed by atoms with Crippen LogP contribution in [0.4, 0.5) is 0 Å². The Morgan fingerprint density at radius 1 is 1.45 bits per heavy atom. The van der Waals surface area contributed by atoms with Crippen LogP contribution in [-0.4, -0.2) is 41.7 Å². The monoisotopic (exact) mass is 299 g/mol. The molecule has 20 heavy (non-hydrogen) atoms. The van der Waals surface area contributed by atoms with E-state index in [-0.39, 0.29) is 11.2 Å². The van der Waals surface area contributed by atoms with Crippen molar-refractivity contribution >= 4 is 10.0 Å². The zero-order valence-corrected chi connectivity index (χ0v) is 12.8. The van der Waals surface area contributed by atoms with E-state index in [9.17, 15) is 8.42 Å². The fourth-order valence-corrected chi connectivity index (χ4v) is 4.03. The van der Waals surface area contributed by atoms with Gasteiger partial charge in [0.25, 0.3) is 0 Å². The van der Waals surface area contributed by atoms with Crippen molar-refractivity contribution in [1.82, 2.24) is 14.4 Å². The molecule has 112 valence electrons. The zero-order valence-electron chi connectivity index (χ0n) is 12.0. The van der Waals surface area contributed by atoms with Crippen LogP contribution in [0.15, 0.2) is 4.52 Å². The average molecular weight is 299 g/mol. The third-order valence-electron chi connectivity index (χ3n) is 4.33. The van der Waals surface area contributed by atoms with Crippen molar-refractivity contribution in [3.05, 3.63) is 11.7 Å². The maximum Gasteiger partial charge on any atom is 0.229 e. The lowest BCUT2D eigenvalue weighted by molar-refractivity contribution is 0.225. The number of hydrogen-bond donors (Lipinski definition) is 0. The summed E-state index contributed by atoms with van der Waals surface area (Å²) in [6, 6.07) is 0. The Kier molecular flexibility index (Phi) is 3.36. The lowest BCUT2D eigenvalue weighted by Gasteiger charge is -2.37. The zero-order chi connectivity index (χ0) is 14.4. The lowest BCUT2D eigenvalue weighted by Crippen LogP contribution is -2.47. The maximum absolute atomic E-state index is 12.1. The first-order valence-corrected chi connectivity index (χ1v) is 8.87. The minimum absolute atomic E-state index is 0.142. The molecule has 1 aliphatic carbocycles. The van der Waals surface area contributed by atoms with Crippen molar-refractivity contribution in [2.24, 2.45) is 0 Å².